The number of carboxylic acids is 1. The molecule has 2 atom stereocenters. The summed E-state index contributed by atoms with van der Waals surface area (Å²) in [5.41, 5.74) is 2.91. The summed E-state index contributed by atoms with van der Waals surface area (Å²) < 4.78 is 14.3. The lowest BCUT2D eigenvalue weighted by Crippen LogP contribution is -2.36. The Labute approximate surface area is 208 Å². The topological polar surface area (TPSA) is 83.9 Å². The van der Waals surface area contributed by atoms with E-state index in [0.29, 0.717) is 29.8 Å². The molecule has 0 bridgehead atoms. The zero-order valence-electron chi connectivity index (χ0n) is 20.9. The Bertz CT molecular complexity index is 1110. The summed E-state index contributed by atoms with van der Waals surface area (Å²) >= 11 is 0. The van der Waals surface area contributed by atoms with Gasteiger partial charge in [0.15, 0.2) is 0 Å². The number of benzene rings is 2. The predicted octanol–water partition coefficient (Wildman–Crippen LogP) is 5.39. The molecule has 6 heteroatoms. The summed E-state index contributed by atoms with van der Waals surface area (Å²) in [5.74, 6) is -1.52. The third-order valence-corrected chi connectivity index (χ3v) is 6.77. The second-order valence-corrected chi connectivity index (χ2v) is 9.39. The average Bonchev–Trinajstić information content (AvgIpc) is 2.90. The average molecular weight is 477 g/mol. The van der Waals surface area contributed by atoms with Gasteiger partial charge in [-0.25, -0.2) is 4.79 Å². The van der Waals surface area contributed by atoms with Crippen molar-refractivity contribution < 1.29 is 25.6 Å². The molecule has 0 aromatic heterocycles. The van der Waals surface area contributed by atoms with Crippen molar-refractivity contribution in [1.82, 2.24) is 0 Å². The van der Waals surface area contributed by atoms with Crippen LogP contribution in [-0.4, -0.2) is 29.6 Å². The first-order valence-corrected chi connectivity index (χ1v) is 12.4. The van der Waals surface area contributed by atoms with Crippen molar-refractivity contribution in [3.05, 3.63) is 71.3 Å². The van der Waals surface area contributed by atoms with Gasteiger partial charge in [0.05, 0.1) is 20.4 Å². The maximum Gasteiger partial charge on any atom is 0.328 e. The SMILES string of the molecule is [2H]C(c1ccc(CC2CCCOC2=O)cc1)N(C(=O)C1CCCCC1)c1cccc(/C=C/C(=O)O)c1. The van der Waals surface area contributed by atoms with Gasteiger partial charge in [-0.05, 0) is 67.0 Å². The molecule has 0 radical (unpaired) electrons. The Morgan fingerprint density at radius 2 is 1.77 bits per heavy atom. The van der Waals surface area contributed by atoms with Crippen molar-refractivity contribution in [3.8, 4) is 0 Å². The van der Waals surface area contributed by atoms with E-state index in [1.807, 2.05) is 24.3 Å². The molecule has 1 amide bonds. The number of amides is 1. The van der Waals surface area contributed by atoms with Gasteiger partial charge in [0.25, 0.3) is 0 Å². The minimum atomic E-state index is -1.05. The minimum absolute atomic E-state index is 0.0666. The molecule has 4 rings (SSSR count). The first-order chi connectivity index (χ1) is 17.4. The number of aliphatic carboxylic acids is 1. The van der Waals surface area contributed by atoms with Gasteiger partial charge in [0.1, 0.15) is 0 Å². The molecule has 2 fully saturated rings. The molecular weight excluding hydrogens is 442 g/mol. The molecule has 1 saturated carbocycles. The quantitative estimate of drug-likeness (QED) is 0.408. The fourth-order valence-electron chi connectivity index (χ4n) is 4.85. The Morgan fingerprint density at radius 1 is 1.03 bits per heavy atom. The number of hydrogen-bond donors (Lipinski definition) is 1. The third kappa shape index (κ3) is 6.81. The molecule has 184 valence electrons. The molecule has 1 saturated heterocycles. The zero-order valence-corrected chi connectivity index (χ0v) is 19.9. The second-order valence-electron chi connectivity index (χ2n) is 9.39. The van der Waals surface area contributed by atoms with Crippen LogP contribution in [0.5, 0.6) is 0 Å². The van der Waals surface area contributed by atoms with Gasteiger partial charge in [-0.15, -0.1) is 0 Å². The van der Waals surface area contributed by atoms with Crippen LogP contribution in [0.25, 0.3) is 6.08 Å². The first kappa shape index (κ1) is 23.3. The van der Waals surface area contributed by atoms with E-state index in [-0.39, 0.29) is 23.7 Å². The molecule has 1 aliphatic carbocycles. The monoisotopic (exact) mass is 476 g/mol. The largest absolute Gasteiger partial charge is 0.478 e. The van der Waals surface area contributed by atoms with E-state index in [2.05, 4.69) is 0 Å². The summed E-state index contributed by atoms with van der Waals surface area (Å²) in [6.07, 6.45) is 9.61. The van der Waals surface area contributed by atoms with Crippen LogP contribution >= 0.6 is 0 Å². The molecule has 2 aromatic carbocycles. The molecule has 1 aliphatic heterocycles. The van der Waals surface area contributed by atoms with Crippen LogP contribution < -0.4 is 4.90 Å². The lowest BCUT2D eigenvalue weighted by molar-refractivity contribution is -0.152. The van der Waals surface area contributed by atoms with Crippen LogP contribution in [0.15, 0.2) is 54.6 Å². The molecule has 6 nitrogen and oxygen atoms in total. The van der Waals surface area contributed by atoms with Crippen molar-refractivity contribution >= 4 is 29.6 Å². The van der Waals surface area contributed by atoms with Gasteiger partial charge in [0, 0.05) is 17.7 Å². The van der Waals surface area contributed by atoms with Crippen molar-refractivity contribution in [2.45, 2.75) is 57.9 Å². The summed E-state index contributed by atoms with van der Waals surface area (Å²) in [7, 11) is 0. The summed E-state index contributed by atoms with van der Waals surface area (Å²) in [4.78, 5) is 38.2. The van der Waals surface area contributed by atoms with Crippen molar-refractivity contribution in [1.29, 1.82) is 0 Å². The van der Waals surface area contributed by atoms with Crippen LogP contribution in [0.4, 0.5) is 5.69 Å². The number of nitrogens with zero attached hydrogens (tertiary/aromatic N) is 1. The van der Waals surface area contributed by atoms with E-state index in [0.717, 1.165) is 56.6 Å². The van der Waals surface area contributed by atoms with Gasteiger partial charge in [0.2, 0.25) is 5.91 Å². The van der Waals surface area contributed by atoms with E-state index in [4.69, 9.17) is 11.2 Å². The van der Waals surface area contributed by atoms with Crippen LogP contribution in [0.1, 0.15) is 63.0 Å². The first-order valence-electron chi connectivity index (χ1n) is 13.0. The third-order valence-electron chi connectivity index (χ3n) is 6.77. The van der Waals surface area contributed by atoms with Gasteiger partial charge < -0.3 is 14.7 Å². The Morgan fingerprint density at radius 3 is 2.49 bits per heavy atom. The second kappa shape index (κ2) is 11.8. The molecule has 2 unspecified atom stereocenters. The van der Waals surface area contributed by atoms with E-state index in [1.165, 1.54) is 6.08 Å². The minimum Gasteiger partial charge on any atom is -0.478 e. The number of carbonyl (C=O) groups excluding carboxylic acids is 2. The molecule has 1 heterocycles. The number of esters is 1. The fourth-order valence-corrected chi connectivity index (χ4v) is 4.85. The highest BCUT2D eigenvalue weighted by Crippen LogP contribution is 2.29. The van der Waals surface area contributed by atoms with Gasteiger partial charge in [-0.2, -0.15) is 0 Å². The van der Waals surface area contributed by atoms with Gasteiger partial charge in [-0.3, -0.25) is 9.59 Å². The predicted molar refractivity (Wildman–Crippen MR) is 135 cm³/mol. The standard InChI is InChI=1S/C29H33NO5/c31-27(32)16-15-21-6-4-10-26(19-21)30(28(33)24-7-2-1-3-8-24)20-23-13-11-22(12-14-23)18-25-9-5-17-35-29(25)34/h4,6,10-16,19,24-25H,1-3,5,7-9,17-18,20H2,(H,31,32)/b16-15+/i20D. The normalized spacial score (nSPS) is 20.2. The number of ether oxygens (including phenoxy) is 1. The molecule has 0 spiro atoms. The van der Waals surface area contributed by atoms with Crippen molar-refractivity contribution in [2.24, 2.45) is 11.8 Å². The van der Waals surface area contributed by atoms with Gasteiger partial charge >= 0.3 is 11.9 Å². The Hall–Kier alpha value is -3.41. The number of carboxylic acid groups (broad SMARTS) is 1. The Balaban J connectivity index is 1.59. The van der Waals surface area contributed by atoms with Gasteiger partial charge in [-0.1, -0.05) is 55.7 Å². The number of rotatable bonds is 8. The van der Waals surface area contributed by atoms with Crippen molar-refractivity contribution in [3.63, 3.8) is 0 Å². The zero-order chi connectivity index (χ0) is 25.5. The van der Waals surface area contributed by atoms with Crippen LogP contribution in [-0.2, 0) is 32.1 Å². The maximum atomic E-state index is 13.7. The summed E-state index contributed by atoms with van der Waals surface area (Å²) in [6.45, 7) is -0.459. The highest BCUT2D eigenvalue weighted by molar-refractivity contribution is 5.95. The van der Waals surface area contributed by atoms with E-state index >= 15 is 0 Å². The van der Waals surface area contributed by atoms with E-state index in [9.17, 15) is 14.4 Å². The van der Waals surface area contributed by atoms with E-state index in [1.54, 1.807) is 29.2 Å². The van der Waals surface area contributed by atoms with Crippen LogP contribution in [0.2, 0.25) is 0 Å². The fraction of sp³-hybridized carbons (Fsp3) is 0.414. The highest BCUT2D eigenvalue weighted by Gasteiger charge is 2.28. The summed E-state index contributed by atoms with van der Waals surface area (Å²) in [6, 6.07) is 14.7. The van der Waals surface area contributed by atoms with E-state index < -0.39 is 12.5 Å². The van der Waals surface area contributed by atoms with Crippen molar-refractivity contribution in [2.75, 3.05) is 11.5 Å². The molecule has 2 aromatic rings. The molecular formula is C29H33NO5. The lowest BCUT2D eigenvalue weighted by atomic mass is 9.88. The Kier molecular flexibility index (Phi) is 7.89. The number of carbonyl (C=O) groups is 3. The molecule has 1 N–H and O–H groups in total. The number of cyclic esters (lactones) is 1. The number of anilines is 1. The van der Waals surface area contributed by atoms with Crippen LogP contribution in [0, 0.1) is 11.8 Å². The molecule has 35 heavy (non-hydrogen) atoms. The van der Waals surface area contributed by atoms with Crippen LogP contribution in [0.3, 0.4) is 0 Å². The lowest BCUT2D eigenvalue weighted by Gasteiger charge is -2.30. The highest BCUT2D eigenvalue weighted by atomic mass is 16.5. The molecule has 2 aliphatic rings. The smallest absolute Gasteiger partial charge is 0.328 e. The summed E-state index contributed by atoms with van der Waals surface area (Å²) in [5, 5.41) is 8.98. The maximum absolute atomic E-state index is 13.7. The number of hydrogen-bond acceptors (Lipinski definition) is 4.